The van der Waals surface area contributed by atoms with E-state index < -0.39 is 0 Å². The highest BCUT2D eigenvalue weighted by Crippen LogP contribution is 2.30. The maximum atomic E-state index is 12.3. The Kier molecular flexibility index (Phi) is 7.79. The van der Waals surface area contributed by atoms with Crippen LogP contribution in [0, 0.1) is 0 Å². The Morgan fingerprint density at radius 3 is 2.19 bits per heavy atom. The van der Waals surface area contributed by atoms with Gasteiger partial charge in [0.15, 0.2) is 23.0 Å². The second-order valence-corrected chi connectivity index (χ2v) is 5.77. The lowest BCUT2D eigenvalue weighted by molar-refractivity contribution is -0.116. The van der Waals surface area contributed by atoms with E-state index in [2.05, 4.69) is 5.32 Å². The summed E-state index contributed by atoms with van der Waals surface area (Å²) in [5.74, 6) is 2.54. The van der Waals surface area contributed by atoms with Crippen molar-refractivity contribution in [3.05, 3.63) is 42.0 Å². The van der Waals surface area contributed by atoms with E-state index in [9.17, 15) is 4.79 Å². The normalized spacial score (nSPS) is 10.2. The molecule has 0 aliphatic rings. The van der Waals surface area contributed by atoms with E-state index in [4.69, 9.17) is 18.9 Å². The van der Waals surface area contributed by atoms with E-state index in [1.165, 1.54) is 0 Å². The number of methoxy groups -OCH3 is 2. The summed E-state index contributed by atoms with van der Waals surface area (Å²) in [6, 6.07) is 11.0. The van der Waals surface area contributed by atoms with Gasteiger partial charge in [0, 0.05) is 18.2 Å². The van der Waals surface area contributed by atoms with E-state index in [0.717, 1.165) is 11.3 Å². The van der Waals surface area contributed by atoms with Crippen molar-refractivity contribution in [1.82, 2.24) is 0 Å². The van der Waals surface area contributed by atoms with Crippen LogP contribution in [0.15, 0.2) is 36.4 Å². The molecule has 0 spiro atoms. The summed E-state index contributed by atoms with van der Waals surface area (Å²) in [5, 5.41) is 2.88. The molecule has 0 aliphatic carbocycles. The van der Waals surface area contributed by atoms with Gasteiger partial charge in [-0.2, -0.15) is 0 Å². The van der Waals surface area contributed by atoms with Crippen LogP contribution in [-0.4, -0.2) is 33.3 Å². The van der Waals surface area contributed by atoms with Gasteiger partial charge in [0.2, 0.25) is 5.91 Å². The standard InChI is InChI=1S/C21H27NO5/c1-5-26-18-10-7-15(13-20(18)27-6-2)8-12-21(23)22-16-9-11-17(24-3)19(14-16)25-4/h7,9-11,13-14H,5-6,8,12H2,1-4H3,(H,22,23). The molecule has 0 saturated carbocycles. The highest BCUT2D eigenvalue weighted by atomic mass is 16.5. The Balaban J connectivity index is 1.98. The van der Waals surface area contributed by atoms with Gasteiger partial charge in [-0.25, -0.2) is 0 Å². The summed E-state index contributed by atoms with van der Waals surface area (Å²) in [5.41, 5.74) is 1.68. The summed E-state index contributed by atoms with van der Waals surface area (Å²) in [7, 11) is 3.13. The number of amides is 1. The molecule has 0 saturated heterocycles. The zero-order chi connectivity index (χ0) is 19.6. The second kappa shape index (κ2) is 10.3. The summed E-state index contributed by atoms with van der Waals surface area (Å²) in [6.45, 7) is 5.00. The van der Waals surface area contributed by atoms with Crippen LogP contribution >= 0.6 is 0 Å². The van der Waals surface area contributed by atoms with E-state index in [1.54, 1.807) is 32.4 Å². The van der Waals surface area contributed by atoms with Crippen molar-refractivity contribution in [2.24, 2.45) is 0 Å². The third-order valence-electron chi connectivity index (χ3n) is 3.92. The lowest BCUT2D eigenvalue weighted by Crippen LogP contribution is -2.12. The van der Waals surface area contributed by atoms with Crippen molar-refractivity contribution >= 4 is 11.6 Å². The number of hydrogen-bond acceptors (Lipinski definition) is 5. The summed E-state index contributed by atoms with van der Waals surface area (Å²) < 4.78 is 21.6. The summed E-state index contributed by atoms with van der Waals surface area (Å²) >= 11 is 0. The number of anilines is 1. The molecule has 1 N–H and O–H groups in total. The number of aryl methyl sites for hydroxylation is 1. The molecule has 2 aromatic rings. The summed E-state index contributed by atoms with van der Waals surface area (Å²) in [4.78, 5) is 12.3. The van der Waals surface area contributed by atoms with Crippen LogP contribution < -0.4 is 24.3 Å². The van der Waals surface area contributed by atoms with E-state index in [-0.39, 0.29) is 5.91 Å². The molecule has 0 aliphatic heterocycles. The average molecular weight is 373 g/mol. The zero-order valence-electron chi connectivity index (χ0n) is 16.3. The number of rotatable bonds is 10. The second-order valence-electron chi connectivity index (χ2n) is 5.77. The first-order valence-electron chi connectivity index (χ1n) is 9.01. The number of ether oxygens (including phenoxy) is 4. The molecule has 0 aromatic heterocycles. The Morgan fingerprint density at radius 1 is 0.852 bits per heavy atom. The summed E-state index contributed by atoms with van der Waals surface area (Å²) in [6.07, 6.45) is 0.958. The topological polar surface area (TPSA) is 66.0 Å². The number of carbonyl (C=O) groups excluding carboxylic acids is 1. The molecule has 146 valence electrons. The van der Waals surface area contributed by atoms with Crippen molar-refractivity contribution in [2.75, 3.05) is 32.8 Å². The molecular formula is C21H27NO5. The van der Waals surface area contributed by atoms with Crippen molar-refractivity contribution in [3.8, 4) is 23.0 Å². The molecule has 0 radical (unpaired) electrons. The first kappa shape index (κ1) is 20.4. The van der Waals surface area contributed by atoms with Gasteiger partial charge >= 0.3 is 0 Å². The van der Waals surface area contributed by atoms with Gasteiger partial charge in [0.1, 0.15) is 0 Å². The van der Waals surface area contributed by atoms with Gasteiger partial charge in [-0.3, -0.25) is 4.79 Å². The van der Waals surface area contributed by atoms with E-state index in [1.807, 2.05) is 32.0 Å². The van der Waals surface area contributed by atoms with Crippen molar-refractivity contribution < 1.29 is 23.7 Å². The third kappa shape index (κ3) is 5.81. The molecule has 27 heavy (non-hydrogen) atoms. The van der Waals surface area contributed by atoms with Crippen LogP contribution in [0.4, 0.5) is 5.69 Å². The molecular weight excluding hydrogens is 346 g/mol. The maximum Gasteiger partial charge on any atom is 0.224 e. The van der Waals surface area contributed by atoms with E-state index >= 15 is 0 Å². The first-order chi connectivity index (χ1) is 13.1. The van der Waals surface area contributed by atoms with Crippen molar-refractivity contribution in [2.45, 2.75) is 26.7 Å². The molecule has 2 rings (SSSR count). The molecule has 0 atom stereocenters. The van der Waals surface area contributed by atoms with Gasteiger partial charge < -0.3 is 24.3 Å². The van der Waals surface area contributed by atoms with E-state index in [0.29, 0.717) is 49.0 Å². The maximum absolute atomic E-state index is 12.3. The molecule has 0 heterocycles. The van der Waals surface area contributed by atoms with Crippen LogP contribution in [0.3, 0.4) is 0 Å². The van der Waals surface area contributed by atoms with Gasteiger partial charge in [0.05, 0.1) is 27.4 Å². The molecule has 6 nitrogen and oxygen atoms in total. The number of carbonyl (C=O) groups is 1. The molecule has 6 heteroatoms. The highest BCUT2D eigenvalue weighted by molar-refractivity contribution is 5.91. The van der Waals surface area contributed by atoms with Crippen LogP contribution in [0.1, 0.15) is 25.8 Å². The Hall–Kier alpha value is -2.89. The van der Waals surface area contributed by atoms with Crippen LogP contribution in [0.25, 0.3) is 0 Å². The lowest BCUT2D eigenvalue weighted by Gasteiger charge is -2.13. The Bertz CT molecular complexity index is 760. The molecule has 0 unspecified atom stereocenters. The predicted molar refractivity (Wildman–Crippen MR) is 105 cm³/mol. The fourth-order valence-electron chi connectivity index (χ4n) is 2.65. The first-order valence-corrected chi connectivity index (χ1v) is 9.01. The SMILES string of the molecule is CCOc1ccc(CCC(=O)Nc2ccc(OC)c(OC)c2)cc1OCC. The molecule has 0 bridgehead atoms. The third-order valence-corrected chi connectivity index (χ3v) is 3.92. The molecule has 2 aromatic carbocycles. The largest absolute Gasteiger partial charge is 0.493 e. The Morgan fingerprint density at radius 2 is 1.52 bits per heavy atom. The van der Waals surface area contributed by atoms with Gasteiger partial charge in [-0.15, -0.1) is 0 Å². The quantitative estimate of drug-likeness (QED) is 0.680. The number of hydrogen-bond donors (Lipinski definition) is 1. The molecule has 0 fully saturated rings. The van der Waals surface area contributed by atoms with Crippen LogP contribution in [0.5, 0.6) is 23.0 Å². The fourth-order valence-corrected chi connectivity index (χ4v) is 2.65. The van der Waals surface area contributed by atoms with Crippen LogP contribution in [-0.2, 0) is 11.2 Å². The monoisotopic (exact) mass is 373 g/mol. The van der Waals surface area contributed by atoms with Gasteiger partial charge in [-0.1, -0.05) is 6.07 Å². The fraction of sp³-hybridized carbons (Fsp3) is 0.381. The van der Waals surface area contributed by atoms with Gasteiger partial charge in [-0.05, 0) is 50.1 Å². The number of nitrogens with one attached hydrogen (secondary N) is 1. The van der Waals surface area contributed by atoms with Gasteiger partial charge in [0.25, 0.3) is 0 Å². The lowest BCUT2D eigenvalue weighted by atomic mass is 10.1. The number of benzene rings is 2. The predicted octanol–water partition coefficient (Wildman–Crippen LogP) is 4.07. The highest BCUT2D eigenvalue weighted by Gasteiger charge is 2.10. The smallest absolute Gasteiger partial charge is 0.224 e. The van der Waals surface area contributed by atoms with Crippen molar-refractivity contribution in [1.29, 1.82) is 0 Å². The minimum absolute atomic E-state index is 0.0749. The minimum atomic E-state index is -0.0749. The van der Waals surface area contributed by atoms with Crippen LogP contribution in [0.2, 0.25) is 0 Å². The van der Waals surface area contributed by atoms with Crippen molar-refractivity contribution in [3.63, 3.8) is 0 Å². The minimum Gasteiger partial charge on any atom is -0.493 e. The molecule has 1 amide bonds. The average Bonchev–Trinajstić information content (AvgIpc) is 2.68. The zero-order valence-corrected chi connectivity index (χ0v) is 16.3. The Labute approximate surface area is 160 Å².